The molecular weight excluding hydrogens is 303 g/mol. The molecule has 0 unspecified atom stereocenters. The molecule has 0 aliphatic rings. The number of nitro groups is 1. The van der Waals surface area contributed by atoms with Gasteiger partial charge in [-0.3, -0.25) is 10.1 Å². The number of aromatic nitrogens is 2. The van der Waals surface area contributed by atoms with Gasteiger partial charge in [-0.25, -0.2) is 4.98 Å². The Morgan fingerprint density at radius 3 is 2.85 bits per heavy atom. The number of halogens is 2. The van der Waals surface area contributed by atoms with Crippen LogP contribution in [0.4, 0.5) is 11.5 Å². The minimum Gasteiger partial charge on any atom is -0.365 e. The van der Waals surface area contributed by atoms with Crippen LogP contribution in [0, 0.1) is 17.0 Å². The molecule has 0 radical (unpaired) electrons. The minimum absolute atomic E-state index is 0.0765. The van der Waals surface area contributed by atoms with Gasteiger partial charge in [0.15, 0.2) is 0 Å². The molecular formula is C12H10Cl2N4O2. The lowest BCUT2D eigenvalue weighted by Crippen LogP contribution is -2.05. The number of anilines is 1. The Hall–Kier alpha value is -1.92. The summed E-state index contributed by atoms with van der Waals surface area (Å²) in [6, 6.07) is 4.90. The van der Waals surface area contributed by atoms with Crippen molar-refractivity contribution >= 4 is 34.7 Å². The van der Waals surface area contributed by atoms with Gasteiger partial charge in [0.25, 0.3) is 5.69 Å². The van der Waals surface area contributed by atoms with Crippen LogP contribution in [0.15, 0.2) is 24.4 Å². The zero-order chi connectivity index (χ0) is 14.7. The number of hydrogen-bond donors (Lipinski definition) is 1. The van der Waals surface area contributed by atoms with Gasteiger partial charge in [0.05, 0.1) is 11.1 Å². The van der Waals surface area contributed by atoms with E-state index in [2.05, 4.69) is 15.3 Å². The molecule has 8 heteroatoms. The highest BCUT2D eigenvalue weighted by Crippen LogP contribution is 2.24. The SMILES string of the molecule is Cc1c(CNc2nc(Cl)ncc2Cl)cccc1[N+](=O)[O-]. The first-order valence-corrected chi connectivity index (χ1v) is 6.39. The van der Waals surface area contributed by atoms with Crippen molar-refractivity contribution in [3.05, 3.63) is 55.9 Å². The van der Waals surface area contributed by atoms with Gasteiger partial charge in [0.1, 0.15) is 10.8 Å². The molecule has 0 fully saturated rings. The van der Waals surface area contributed by atoms with Gasteiger partial charge in [-0.1, -0.05) is 23.7 Å². The second-order valence-electron chi connectivity index (χ2n) is 4.01. The van der Waals surface area contributed by atoms with Crippen LogP contribution in [0.1, 0.15) is 11.1 Å². The lowest BCUT2D eigenvalue weighted by molar-refractivity contribution is -0.385. The second kappa shape index (κ2) is 6.02. The van der Waals surface area contributed by atoms with Crippen molar-refractivity contribution in [2.24, 2.45) is 0 Å². The Bertz CT molecular complexity index is 664. The molecule has 0 atom stereocenters. The van der Waals surface area contributed by atoms with Crippen LogP contribution in [-0.4, -0.2) is 14.9 Å². The Balaban J connectivity index is 2.21. The summed E-state index contributed by atoms with van der Waals surface area (Å²) in [5.41, 5.74) is 1.46. The average Bonchev–Trinajstić information content (AvgIpc) is 2.41. The molecule has 0 aliphatic carbocycles. The molecule has 2 aromatic rings. The number of nitrogens with zero attached hydrogens (tertiary/aromatic N) is 3. The molecule has 0 spiro atoms. The van der Waals surface area contributed by atoms with E-state index < -0.39 is 4.92 Å². The maximum Gasteiger partial charge on any atom is 0.272 e. The van der Waals surface area contributed by atoms with Gasteiger partial charge in [-0.05, 0) is 24.1 Å². The Labute approximate surface area is 124 Å². The molecule has 1 N–H and O–H groups in total. The van der Waals surface area contributed by atoms with Crippen molar-refractivity contribution < 1.29 is 4.92 Å². The molecule has 0 saturated heterocycles. The van der Waals surface area contributed by atoms with Crippen LogP contribution >= 0.6 is 23.2 Å². The largest absolute Gasteiger partial charge is 0.365 e. The Morgan fingerprint density at radius 2 is 2.15 bits per heavy atom. The van der Waals surface area contributed by atoms with E-state index in [9.17, 15) is 10.1 Å². The Morgan fingerprint density at radius 1 is 1.40 bits per heavy atom. The minimum atomic E-state index is -0.409. The van der Waals surface area contributed by atoms with Gasteiger partial charge < -0.3 is 5.32 Å². The van der Waals surface area contributed by atoms with Gasteiger partial charge in [0.2, 0.25) is 5.28 Å². The van der Waals surface area contributed by atoms with Gasteiger partial charge >= 0.3 is 0 Å². The summed E-state index contributed by atoms with van der Waals surface area (Å²) in [7, 11) is 0. The predicted octanol–water partition coefficient (Wildman–Crippen LogP) is 3.61. The quantitative estimate of drug-likeness (QED) is 0.530. The normalized spacial score (nSPS) is 10.3. The van der Waals surface area contributed by atoms with Crippen molar-refractivity contribution in [1.29, 1.82) is 0 Å². The molecule has 6 nitrogen and oxygen atoms in total. The zero-order valence-electron chi connectivity index (χ0n) is 10.4. The molecule has 104 valence electrons. The monoisotopic (exact) mass is 312 g/mol. The van der Waals surface area contributed by atoms with Gasteiger partial charge in [-0.2, -0.15) is 4.98 Å². The van der Waals surface area contributed by atoms with E-state index in [1.54, 1.807) is 19.1 Å². The maximum atomic E-state index is 10.9. The molecule has 0 bridgehead atoms. The fourth-order valence-corrected chi connectivity index (χ4v) is 2.00. The summed E-state index contributed by atoms with van der Waals surface area (Å²) in [6.45, 7) is 2.05. The van der Waals surface area contributed by atoms with Gasteiger partial charge in [0, 0.05) is 18.2 Å². The summed E-state index contributed by atoms with van der Waals surface area (Å²) < 4.78 is 0. The topological polar surface area (TPSA) is 81.0 Å². The average molecular weight is 313 g/mol. The van der Waals surface area contributed by atoms with Crippen molar-refractivity contribution in [2.75, 3.05) is 5.32 Å². The highest BCUT2D eigenvalue weighted by atomic mass is 35.5. The third-order valence-electron chi connectivity index (χ3n) is 2.78. The van der Waals surface area contributed by atoms with Gasteiger partial charge in [-0.15, -0.1) is 0 Å². The second-order valence-corrected chi connectivity index (χ2v) is 4.75. The third-order valence-corrected chi connectivity index (χ3v) is 3.23. The van der Waals surface area contributed by atoms with Crippen molar-refractivity contribution in [3.63, 3.8) is 0 Å². The fraction of sp³-hybridized carbons (Fsp3) is 0.167. The molecule has 0 aliphatic heterocycles. The summed E-state index contributed by atoms with van der Waals surface area (Å²) in [5, 5.41) is 14.3. The molecule has 1 aromatic heterocycles. The van der Waals surface area contributed by atoms with Crippen molar-refractivity contribution in [1.82, 2.24) is 9.97 Å². The van der Waals surface area contributed by atoms with Crippen LogP contribution in [-0.2, 0) is 6.54 Å². The van der Waals surface area contributed by atoms with Crippen LogP contribution in [0.5, 0.6) is 0 Å². The molecule has 2 rings (SSSR count). The summed E-state index contributed by atoms with van der Waals surface area (Å²) in [4.78, 5) is 18.2. The zero-order valence-corrected chi connectivity index (χ0v) is 11.9. The van der Waals surface area contributed by atoms with E-state index in [0.717, 1.165) is 5.56 Å². The molecule has 0 saturated carbocycles. The van der Waals surface area contributed by atoms with Crippen LogP contribution in [0.3, 0.4) is 0 Å². The van der Waals surface area contributed by atoms with Crippen LogP contribution in [0.2, 0.25) is 10.3 Å². The molecule has 1 aromatic carbocycles. The van der Waals surface area contributed by atoms with Crippen LogP contribution in [0.25, 0.3) is 0 Å². The lowest BCUT2D eigenvalue weighted by Gasteiger charge is -2.09. The highest BCUT2D eigenvalue weighted by Gasteiger charge is 2.13. The standard InChI is InChI=1S/C12H10Cl2N4O2/c1-7-8(3-2-4-10(7)18(19)20)5-15-11-9(13)6-16-12(14)17-11/h2-4,6H,5H2,1H3,(H,15,16,17). The first-order chi connectivity index (χ1) is 9.49. The maximum absolute atomic E-state index is 10.9. The van der Waals surface area contributed by atoms with E-state index >= 15 is 0 Å². The smallest absolute Gasteiger partial charge is 0.272 e. The van der Waals surface area contributed by atoms with E-state index in [0.29, 0.717) is 22.9 Å². The first kappa shape index (κ1) is 14.5. The molecule has 1 heterocycles. The first-order valence-electron chi connectivity index (χ1n) is 5.64. The summed E-state index contributed by atoms with van der Waals surface area (Å²) in [5.74, 6) is 0.387. The summed E-state index contributed by atoms with van der Waals surface area (Å²) in [6.07, 6.45) is 1.39. The van der Waals surface area contributed by atoms with E-state index in [1.165, 1.54) is 12.3 Å². The van der Waals surface area contributed by atoms with E-state index in [1.807, 2.05) is 0 Å². The molecule has 20 heavy (non-hydrogen) atoms. The predicted molar refractivity (Wildman–Crippen MR) is 77.2 cm³/mol. The van der Waals surface area contributed by atoms with Crippen molar-refractivity contribution in [2.45, 2.75) is 13.5 Å². The number of nitro benzene ring substituents is 1. The van der Waals surface area contributed by atoms with Crippen LogP contribution < -0.4 is 5.32 Å². The Kier molecular flexibility index (Phi) is 4.36. The summed E-state index contributed by atoms with van der Waals surface area (Å²) >= 11 is 11.6. The highest BCUT2D eigenvalue weighted by molar-refractivity contribution is 6.33. The van der Waals surface area contributed by atoms with Crippen molar-refractivity contribution in [3.8, 4) is 0 Å². The fourth-order valence-electron chi connectivity index (χ4n) is 1.71. The molecule has 0 amide bonds. The van der Waals surface area contributed by atoms with E-state index in [-0.39, 0.29) is 11.0 Å². The third kappa shape index (κ3) is 3.15. The number of hydrogen-bond acceptors (Lipinski definition) is 5. The van der Waals surface area contributed by atoms with E-state index in [4.69, 9.17) is 23.2 Å². The number of benzene rings is 1. The number of nitrogens with one attached hydrogen (secondary N) is 1. The lowest BCUT2D eigenvalue weighted by atomic mass is 10.1. The number of rotatable bonds is 4.